The van der Waals surface area contributed by atoms with E-state index in [1.54, 1.807) is 0 Å². The molecule has 0 bridgehead atoms. The minimum atomic E-state index is 0.113. The molecule has 0 aromatic heterocycles. The van der Waals surface area contributed by atoms with Crippen LogP contribution in [0.15, 0.2) is 24.3 Å². The number of rotatable bonds is 3. The topological polar surface area (TPSA) is 21.7 Å². The number of para-hydroxylation sites is 2. The second-order valence-corrected chi connectivity index (χ2v) is 6.55. The largest absolute Gasteiger partial charge is 0.486 e. The predicted molar refractivity (Wildman–Crippen MR) is 80.9 cm³/mol. The molecule has 4 heteroatoms. The van der Waals surface area contributed by atoms with Crippen molar-refractivity contribution in [3.63, 3.8) is 0 Å². The number of hydrogen-bond acceptors (Lipinski definition) is 3. The Labute approximate surface area is 125 Å². The lowest BCUT2D eigenvalue weighted by molar-refractivity contribution is 0.0326. The van der Waals surface area contributed by atoms with Gasteiger partial charge in [0.2, 0.25) is 0 Å². The Morgan fingerprint density at radius 1 is 1.35 bits per heavy atom. The van der Waals surface area contributed by atoms with Gasteiger partial charge in [0.25, 0.3) is 0 Å². The number of hydrogen-bond donors (Lipinski definition) is 0. The molecule has 3 rings (SSSR count). The highest BCUT2D eigenvalue weighted by atomic mass is 35.5. The highest BCUT2D eigenvalue weighted by molar-refractivity contribution is 6.18. The van der Waals surface area contributed by atoms with Gasteiger partial charge in [-0.1, -0.05) is 19.1 Å². The maximum Gasteiger partial charge on any atom is 0.161 e. The van der Waals surface area contributed by atoms with E-state index in [2.05, 4.69) is 11.8 Å². The average Bonchev–Trinajstić information content (AvgIpc) is 2.47. The van der Waals surface area contributed by atoms with Crippen LogP contribution >= 0.6 is 11.6 Å². The van der Waals surface area contributed by atoms with Crippen LogP contribution in [0.1, 0.15) is 19.8 Å². The second-order valence-electron chi connectivity index (χ2n) is 6.28. The SMILES string of the molecule is CC1(CCl)CCCN(CC2COc3ccccc3O2)C1. The zero-order chi connectivity index (χ0) is 14.0. The number of fused-ring (bicyclic) bond motifs is 1. The molecule has 0 aliphatic carbocycles. The molecule has 20 heavy (non-hydrogen) atoms. The van der Waals surface area contributed by atoms with Crippen LogP contribution in [-0.4, -0.2) is 43.1 Å². The number of nitrogens with zero attached hydrogens (tertiary/aromatic N) is 1. The summed E-state index contributed by atoms with van der Waals surface area (Å²) in [6.07, 6.45) is 2.55. The van der Waals surface area contributed by atoms with Crippen LogP contribution < -0.4 is 9.47 Å². The molecule has 2 unspecified atom stereocenters. The molecule has 2 heterocycles. The summed E-state index contributed by atoms with van der Waals surface area (Å²) in [6, 6.07) is 7.88. The van der Waals surface area contributed by atoms with Crippen LogP contribution in [0.2, 0.25) is 0 Å². The summed E-state index contributed by atoms with van der Waals surface area (Å²) in [5.74, 6) is 2.45. The van der Waals surface area contributed by atoms with Crippen LogP contribution in [0, 0.1) is 5.41 Å². The quantitative estimate of drug-likeness (QED) is 0.800. The first-order chi connectivity index (χ1) is 9.68. The van der Waals surface area contributed by atoms with Crippen molar-refractivity contribution in [2.75, 3.05) is 32.1 Å². The Morgan fingerprint density at radius 3 is 2.95 bits per heavy atom. The minimum absolute atomic E-state index is 0.113. The van der Waals surface area contributed by atoms with Crippen molar-refractivity contribution in [2.24, 2.45) is 5.41 Å². The highest BCUT2D eigenvalue weighted by Gasteiger charge is 2.32. The van der Waals surface area contributed by atoms with Gasteiger partial charge in [0.15, 0.2) is 11.5 Å². The van der Waals surface area contributed by atoms with E-state index >= 15 is 0 Å². The van der Waals surface area contributed by atoms with Crippen molar-refractivity contribution in [1.29, 1.82) is 0 Å². The second kappa shape index (κ2) is 5.82. The van der Waals surface area contributed by atoms with Gasteiger partial charge in [0.05, 0.1) is 0 Å². The van der Waals surface area contributed by atoms with Gasteiger partial charge in [-0.15, -0.1) is 11.6 Å². The van der Waals surface area contributed by atoms with E-state index in [1.807, 2.05) is 24.3 Å². The summed E-state index contributed by atoms with van der Waals surface area (Å²) in [5.41, 5.74) is 0.243. The molecule has 2 atom stereocenters. The molecule has 0 spiro atoms. The van der Waals surface area contributed by atoms with Crippen molar-refractivity contribution in [3.05, 3.63) is 24.3 Å². The highest BCUT2D eigenvalue weighted by Crippen LogP contribution is 2.33. The minimum Gasteiger partial charge on any atom is -0.486 e. The number of ether oxygens (including phenoxy) is 2. The molecule has 110 valence electrons. The maximum absolute atomic E-state index is 6.11. The van der Waals surface area contributed by atoms with Gasteiger partial charge < -0.3 is 9.47 Å². The number of benzene rings is 1. The van der Waals surface area contributed by atoms with Gasteiger partial charge in [-0.3, -0.25) is 4.90 Å². The molecular weight excluding hydrogens is 274 g/mol. The van der Waals surface area contributed by atoms with E-state index in [9.17, 15) is 0 Å². The molecule has 1 aromatic rings. The van der Waals surface area contributed by atoms with Gasteiger partial charge in [0, 0.05) is 19.0 Å². The Hall–Kier alpha value is -0.930. The zero-order valence-corrected chi connectivity index (χ0v) is 12.7. The summed E-state index contributed by atoms with van der Waals surface area (Å²) < 4.78 is 11.8. The fourth-order valence-corrected chi connectivity index (χ4v) is 3.35. The van der Waals surface area contributed by atoms with E-state index in [0.29, 0.717) is 6.61 Å². The van der Waals surface area contributed by atoms with E-state index in [1.165, 1.54) is 12.8 Å². The molecular formula is C16H22ClNO2. The van der Waals surface area contributed by atoms with Gasteiger partial charge in [0.1, 0.15) is 12.7 Å². The summed E-state index contributed by atoms with van der Waals surface area (Å²) in [6.45, 7) is 6.01. The molecule has 2 aliphatic heterocycles. The summed E-state index contributed by atoms with van der Waals surface area (Å²) in [7, 11) is 0. The Balaban J connectivity index is 1.59. The fourth-order valence-electron chi connectivity index (χ4n) is 3.13. The van der Waals surface area contributed by atoms with Crippen LogP contribution in [-0.2, 0) is 0 Å². The monoisotopic (exact) mass is 295 g/mol. The number of likely N-dealkylation sites (tertiary alicyclic amines) is 1. The smallest absolute Gasteiger partial charge is 0.161 e. The molecule has 0 radical (unpaired) electrons. The van der Waals surface area contributed by atoms with Gasteiger partial charge in [-0.25, -0.2) is 0 Å². The normalized spacial score (nSPS) is 30.2. The number of alkyl halides is 1. The first kappa shape index (κ1) is 14.0. The molecule has 1 saturated heterocycles. The van der Waals surface area contributed by atoms with E-state index in [-0.39, 0.29) is 11.5 Å². The molecule has 0 saturated carbocycles. The Bertz CT molecular complexity index is 468. The van der Waals surface area contributed by atoms with Crippen LogP contribution in [0.5, 0.6) is 11.5 Å². The zero-order valence-electron chi connectivity index (χ0n) is 12.0. The lowest BCUT2D eigenvalue weighted by Crippen LogP contribution is -2.48. The maximum atomic E-state index is 6.11. The first-order valence-electron chi connectivity index (χ1n) is 7.35. The standard InChI is InChI=1S/C16H22ClNO2/c1-16(11-17)7-4-8-18(12-16)9-13-10-19-14-5-2-3-6-15(14)20-13/h2-3,5-6,13H,4,7-12H2,1H3. The molecule has 1 fully saturated rings. The molecule has 0 amide bonds. The van der Waals surface area contributed by atoms with Crippen molar-refractivity contribution >= 4 is 11.6 Å². The van der Waals surface area contributed by atoms with Crippen molar-refractivity contribution in [2.45, 2.75) is 25.9 Å². The lowest BCUT2D eigenvalue weighted by atomic mass is 9.84. The van der Waals surface area contributed by atoms with Crippen LogP contribution in [0.25, 0.3) is 0 Å². The van der Waals surface area contributed by atoms with E-state index < -0.39 is 0 Å². The van der Waals surface area contributed by atoms with Crippen molar-refractivity contribution in [3.8, 4) is 11.5 Å². The summed E-state index contributed by atoms with van der Waals surface area (Å²) in [5, 5.41) is 0. The molecule has 0 N–H and O–H groups in total. The van der Waals surface area contributed by atoms with Gasteiger partial charge >= 0.3 is 0 Å². The summed E-state index contributed by atoms with van der Waals surface area (Å²) >= 11 is 6.11. The predicted octanol–water partition coefficient (Wildman–Crippen LogP) is 3.17. The number of piperidine rings is 1. The van der Waals surface area contributed by atoms with E-state index in [0.717, 1.165) is 37.0 Å². The third kappa shape index (κ3) is 3.04. The Morgan fingerprint density at radius 2 is 2.15 bits per heavy atom. The third-order valence-corrected chi connectivity index (χ3v) is 4.86. The fraction of sp³-hybridized carbons (Fsp3) is 0.625. The molecule has 2 aliphatic rings. The van der Waals surface area contributed by atoms with Gasteiger partial charge in [-0.05, 0) is 36.9 Å². The Kier molecular flexibility index (Phi) is 4.08. The third-order valence-electron chi connectivity index (χ3n) is 4.21. The molecule has 3 nitrogen and oxygen atoms in total. The van der Waals surface area contributed by atoms with Crippen molar-refractivity contribution in [1.82, 2.24) is 4.90 Å². The van der Waals surface area contributed by atoms with E-state index in [4.69, 9.17) is 21.1 Å². The van der Waals surface area contributed by atoms with Crippen LogP contribution in [0.4, 0.5) is 0 Å². The average molecular weight is 296 g/mol. The number of halogens is 1. The first-order valence-corrected chi connectivity index (χ1v) is 7.89. The van der Waals surface area contributed by atoms with Gasteiger partial charge in [-0.2, -0.15) is 0 Å². The summed E-state index contributed by atoms with van der Waals surface area (Å²) in [4.78, 5) is 2.47. The van der Waals surface area contributed by atoms with Crippen molar-refractivity contribution < 1.29 is 9.47 Å². The lowest BCUT2D eigenvalue weighted by Gasteiger charge is -2.41. The molecule has 1 aromatic carbocycles. The van der Waals surface area contributed by atoms with Crippen LogP contribution in [0.3, 0.4) is 0 Å².